The number of hydrogen-bond acceptors (Lipinski definition) is 3. The van der Waals surface area contributed by atoms with Crippen molar-refractivity contribution >= 4 is 23.6 Å². The van der Waals surface area contributed by atoms with Gasteiger partial charge in [0.1, 0.15) is 5.60 Å². The summed E-state index contributed by atoms with van der Waals surface area (Å²) in [5.74, 6) is -1.63. The lowest BCUT2D eigenvalue weighted by Gasteiger charge is -2.39. The highest BCUT2D eigenvalue weighted by molar-refractivity contribution is 6.31. The summed E-state index contributed by atoms with van der Waals surface area (Å²) in [4.78, 5) is 27.2. The molecule has 38 heavy (non-hydrogen) atoms. The molecule has 2 amide bonds. The first-order chi connectivity index (χ1) is 17.3. The molecule has 1 unspecified atom stereocenters. The summed E-state index contributed by atoms with van der Waals surface area (Å²) in [6.45, 7) is 7.14. The van der Waals surface area contributed by atoms with Crippen molar-refractivity contribution in [3.05, 3.63) is 69.2 Å². The summed E-state index contributed by atoms with van der Waals surface area (Å²) in [5, 5.41) is 3.08. The van der Waals surface area contributed by atoms with Crippen molar-refractivity contribution in [3.63, 3.8) is 0 Å². The van der Waals surface area contributed by atoms with Crippen molar-refractivity contribution in [2.45, 2.75) is 64.0 Å². The smallest absolute Gasteiger partial charge is 0.416 e. The van der Waals surface area contributed by atoms with E-state index in [-0.39, 0.29) is 25.6 Å². The third-order valence-corrected chi connectivity index (χ3v) is 6.47. The number of piperidine rings is 1. The minimum absolute atomic E-state index is 0.0324. The molecule has 2 atom stereocenters. The number of alkyl halides is 6. The molecule has 12 heteroatoms. The summed E-state index contributed by atoms with van der Waals surface area (Å²) < 4.78 is 85.2. The Morgan fingerprint density at radius 3 is 2.05 bits per heavy atom. The van der Waals surface area contributed by atoms with Crippen LogP contribution in [0.15, 0.2) is 36.4 Å². The van der Waals surface area contributed by atoms with Gasteiger partial charge in [0.25, 0.3) is 5.91 Å². The third-order valence-electron chi connectivity index (χ3n) is 6.04. The monoisotopic (exact) mass is 564 g/mol. The predicted molar refractivity (Wildman–Crippen MR) is 129 cm³/mol. The van der Waals surface area contributed by atoms with Gasteiger partial charge in [0.15, 0.2) is 0 Å². The first-order valence-corrected chi connectivity index (χ1v) is 12.1. The third kappa shape index (κ3) is 7.33. The van der Waals surface area contributed by atoms with Crippen LogP contribution in [0.4, 0.5) is 31.1 Å². The normalized spacial score (nSPS) is 18.8. The highest BCUT2D eigenvalue weighted by atomic mass is 35.5. The number of carbonyl (C=O) groups excluding carboxylic acids is 2. The van der Waals surface area contributed by atoms with Crippen LogP contribution in [-0.2, 0) is 17.1 Å². The number of halogens is 7. The first kappa shape index (κ1) is 29.6. The Kier molecular flexibility index (Phi) is 8.31. The second kappa shape index (κ2) is 10.7. The summed E-state index contributed by atoms with van der Waals surface area (Å²) in [6.07, 6.45) is -10.6. The lowest BCUT2D eigenvalue weighted by Crippen LogP contribution is -2.52. The van der Waals surface area contributed by atoms with Gasteiger partial charge in [-0.05, 0) is 69.5 Å². The second-order valence-corrected chi connectivity index (χ2v) is 10.6. The Morgan fingerprint density at radius 2 is 1.55 bits per heavy atom. The standard InChI is InChI=1S/C26H27ClF6N2O3/c1-14-9-15(5-6-20(14)27)19-13-35(23(37)38-24(2,3)4)8-7-21(19)34-22(36)16-10-17(25(28,29)30)12-18(11-16)26(31,32)33/h5-6,9-12,19,21H,7-8,13H2,1-4H3,(H,34,36)/t19?,21-/m1/s1. The van der Waals surface area contributed by atoms with Crippen molar-refractivity contribution in [3.8, 4) is 0 Å². The van der Waals surface area contributed by atoms with Gasteiger partial charge < -0.3 is 15.0 Å². The molecule has 0 aliphatic carbocycles. The largest absolute Gasteiger partial charge is 0.444 e. The molecule has 3 rings (SSSR count). The summed E-state index contributed by atoms with van der Waals surface area (Å²) in [5.41, 5.74) is -3.28. The molecule has 0 radical (unpaired) electrons. The minimum Gasteiger partial charge on any atom is -0.444 e. The fourth-order valence-electron chi connectivity index (χ4n) is 4.19. The molecule has 1 N–H and O–H groups in total. The number of likely N-dealkylation sites (tertiary alicyclic amines) is 1. The van der Waals surface area contributed by atoms with Gasteiger partial charge >= 0.3 is 18.4 Å². The van der Waals surface area contributed by atoms with E-state index in [1.54, 1.807) is 45.9 Å². The maximum atomic E-state index is 13.3. The molecule has 0 aromatic heterocycles. The highest BCUT2D eigenvalue weighted by Gasteiger charge is 2.39. The zero-order chi connectivity index (χ0) is 28.6. The quantitative estimate of drug-likeness (QED) is 0.401. The van der Waals surface area contributed by atoms with Gasteiger partial charge in [0.05, 0.1) is 11.1 Å². The number of aryl methyl sites for hydroxylation is 1. The average molecular weight is 565 g/mol. The van der Waals surface area contributed by atoms with Gasteiger partial charge in [-0.25, -0.2) is 4.79 Å². The van der Waals surface area contributed by atoms with E-state index in [1.165, 1.54) is 4.90 Å². The number of amides is 2. The fraction of sp³-hybridized carbons (Fsp3) is 0.462. The van der Waals surface area contributed by atoms with Crippen molar-refractivity contribution in [1.82, 2.24) is 10.2 Å². The molecule has 2 aromatic rings. The number of carbonyl (C=O) groups is 2. The Labute approximate surface area is 221 Å². The van der Waals surface area contributed by atoms with Gasteiger partial charge in [-0.2, -0.15) is 26.3 Å². The molecule has 1 fully saturated rings. The number of nitrogens with one attached hydrogen (secondary N) is 1. The van der Waals surface area contributed by atoms with Gasteiger partial charge in [0.2, 0.25) is 0 Å². The van der Waals surface area contributed by atoms with Crippen LogP contribution in [0.1, 0.15) is 65.7 Å². The van der Waals surface area contributed by atoms with Crippen molar-refractivity contribution in [2.75, 3.05) is 13.1 Å². The molecule has 0 saturated carbocycles. The number of rotatable bonds is 3. The number of benzene rings is 2. The zero-order valence-corrected chi connectivity index (χ0v) is 21.8. The van der Waals surface area contributed by atoms with E-state index in [0.717, 1.165) is 5.56 Å². The average Bonchev–Trinajstić information content (AvgIpc) is 2.78. The summed E-state index contributed by atoms with van der Waals surface area (Å²) in [7, 11) is 0. The summed E-state index contributed by atoms with van der Waals surface area (Å²) >= 11 is 6.14. The molecule has 1 aliphatic rings. The van der Waals surface area contributed by atoms with Crippen molar-refractivity contribution in [1.29, 1.82) is 0 Å². The Morgan fingerprint density at radius 1 is 0.974 bits per heavy atom. The maximum absolute atomic E-state index is 13.3. The lowest BCUT2D eigenvalue weighted by molar-refractivity contribution is -0.143. The SMILES string of the molecule is Cc1cc(C2CN(C(=O)OC(C)(C)C)CC[C@H]2NC(=O)c2cc(C(F)(F)F)cc(C(F)(F)F)c2)ccc1Cl. The fourth-order valence-corrected chi connectivity index (χ4v) is 4.31. The maximum Gasteiger partial charge on any atom is 0.416 e. The molecular weight excluding hydrogens is 538 g/mol. The highest BCUT2D eigenvalue weighted by Crippen LogP contribution is 2.37. The van der Waals surface area contributed by atoms with Crippen molar-refractivity contribution in [2.24, 2.45) is 0 Å². The lowest BCUT2D eigenvalue weighted by atomic mass is 9.85. The number of ether oxygens (including phenoxy) is 1. The van der Waals surface area contributed by atoms with E-state index in [2.05, 4.69) is 5.32 Å². The molecule has 0 spiro atoms. The zero-order valence-electron chi connectivity index (χ0n) is 21.1. The minimum atomic E-state index is -5.08. The van der Waals surface area contributed by atoms with Gasteiger partial charge in [-0.15, -0.1) is 0 Å². The van der Waals surface area contributed by atoms with Crippen LogP contribution in [0.3, 0.4) is 0 Å². The van der Waals surface area contributed by atoms with Gasteiger partial charge in [-0.3, -0.25) is 4.79 Å². The van der Waals surface area contributed by atoms with Crippen LogP contribution in [-0.4, -0.2) is 41.6 Å². The Bertz CT molecular complexity index is 1170. The van der Waals surface area contributed by atoms with Gasteiger partial charge in [-0.1, -0.05) is 23.7 Å². The molecule has 1 heterocycles. The van der Waals surface area contributed by atoms with E-state index in [0.29, 0.717) is 22.7 Å². The molecule has 2 aromatic carbocycles. The van der Waals surface area contributed by atoms with Crippen molar-refractivity contribution < 1.29 is 40.7 Å². The predicted octanol–water partition coefficient (Wildman–Crippen LogP) is 7.21. The van der Waals surface area contributed by atoms with E-state index < -0.39 is 58.6 Å². The molecule has 208 valence electrons. The number of hydrogen-bond donors (Lipinski definition) is 1. The molecule has 1 saturated heterocycles. The van der Waals surface area contributed by atoms with Crippen LogP contribution >= 0.6 is 11.6 Å². The molecule has 5 nitrogen and oxygen atoms in total. The molecule has 0 bridgehead atoms. The topological polar surface area (TPSA) is 58.6 Å². The summed E-state index contributed by atoms with van der Waals surface area (Å²) in [6, 6.07) is 5.14. The van der Waals surface area contributed by atoms with E-state index in [1.807, 2.05) is 0 Å². The van der Waals surface area contributed by atoms with E-state index >= 15 is 0 Å². The van der Waals surface area contributed by atoms with Gasteiger partial charge in [0, 0.05) is 35.6 Å². The second-order valence-electron chi connectivity index (χ2n) is 10.2. The van der Waals surface area contributed by atoms with Crippen LogP contribution < -0.4 is 5.32 Å². The first-order valence-electron chi connectivity index (χ1n) is 11.7. The number of nitrogens with zero attached hydrogens (tertiary/aromatic N) is 1. The van der Waals surface area contributed by atoms with E-state index in [4.69, 9.17) is 16.3 Å². The van der Waals surface area contributed by atoms with Crippen LogP contribution in [0, 0.1) is 6.92 Å². The molecular formula is C26H27ClF6N2O3. The Hall–Kier alpha value is -2.95. The van der Waals surface area contributed by atoms with Crippen LogP contribution in [0.2, 0.25) is 5.02 Å². The Balaban J connectivity index is 1.94. The van der Waals surface area contributed by atoms with Crippen LogP contribution in [0.5, 0.6) is 0 Å². The molecule has 1 aliphatic heterocycles. The van der Waals surface area contributed by atoms with E-state index in [9.17, 15) is 35.9 Å². The van der Waals surface area contributed by atoms with Crippen LogP contribution in [0.25, 0.3) is 0 Å².